The summed E-state index contributed by atoms with van der Waals surface area (Å²) in [6.07, 6.45) is 2.68. The van der Waals surface area contributed by atoms with Crippen molar-refractivity contribution in [3.63, 3.8) is 0 Å². The number of carbonyl (C=O) groups excluding carboxylic acids is 1. The van der Waals surface area contributed by atoms with E-state index < -0.39 is 11.9 Å². The van der Waals surface area contributed by atoms with Crippen LogP contribution in [0.5, 0.6) is 5.75 Å². The van der Waals surface area contributed by atoms with E-state index in [-0.39, 0.29) is 23.3 Å². The summed E-state index contributed by atoms with van der Waals surface area (Å²) in [7, 11) is 0. The molecule has 6 heteroatoms. The molecule has 0 spiro atoms. The summed E-state index contributed by atoms with van der Waals surface area (Å²) in [4.78, 5) is 23.1. The quantitative estimate of drug-likeness (QED) is 0.693. The van der Waals surface area contributed by atoms with Gasteiger partial charge in [0, 0.05) is 9.61 Å². The SMILES string of the molecule is O=C(NC1CCCC(C(=O)O)C1)c1cc(I)ccc1O. The van der Waals surface area contributed by atoms with Gasteiger partial charge < -0.3 is 15.5 Å². The fraction of sp³-hybridized carbons (Fsp3) is 0.429. The number of phenolic OH excluding ortho intramolecular Hbond substituents is 1. The lowest BCUT2D eigenvalue weighted by Gasteiger charge is -2.27. The number of amides is 1. The average Bonchev–Trinajstić information content (AvgIpc) is 2.41. The second kappa shape index (κ2) is 6.43. The molecule has 1 saturated carbocycles. The third-order valence-electron chi connectivity index (χ3n) is 3.56. The zero-order valence-corrected chi connectivity index (χ0v) is 13.0. The van der Waals surface area contributed by atoms with Crippen molar-refractivity contribution >= 4 is 34.5 Å². The Morgan fingerprint density at radius 1 is 1.30 bits per heavy atom. The number of nitrogens with one attached hydrogen (secondary N) is 1. The van der Waals surface area contributed by atoms with Crippen LogP contribution >= 0.6 is 22.6 Å². The van der Waals surface area contributed by atoms with Crippen molar-refractivity contribution in [3.8, 4) is 5.75 Å². The molecule has 1 aliphatic rings. The minimum Gasteiger partial charge on any atom is -0.507 e. The molecule has 0 radical (unpaired) electrons. The Morgan fingerprint density at radius 3 is 2.75 bits per heavy atom. The van der Waals surface area contributed by atoms with Crippen molar-refractivity contribution in [1.82, 2.24) is 5.32 Å². The largest absolute Gasteiger partial charge is 0.507 e. The van der Waals surface area contributed by atoms with E-state index in [4.69, 9.17) is 5.11 Å². The fourth-order valence-electron chi connectivity index (χ4n) is 2.50. The van der Waals surface area contributed by atoms with E-state index in [0.29, 0.717) is 12.8 Å². The normalized spacial score (nSPS) is 22.2. The summed E-state index contributed by atoms with van der Waals surface area (Å²) in [6, 6.07) is 4.67. The van der Waals surface area contributed by atoms with E-state index in [1.165, 1.54) is 6.07 Å². The number of carboxylic acids is 1. The van der Waals surface area contributed by atoms with Crippen molar-refractivity contribution in [1.29, 1.82) is 0 Å². The van der Waals surface area contributed by atoms with Crippen LogP contribution in [-0.2, 0) is 4.79 Å². The van der Waals surface area contributed by atoms with Gasteiger partial charge in [0.2, 0.25) is 0 Å². The third-order valence-corrected chi connectivity index (χ3v) is 4.23. The number of aliphatic carboxylic acids is 1. The van der Waals surface area contributed by atoms with Crippen LogP contribution in [0.4, 0.5) is 0 Å². The van der Waals surface area contributed by atoms with E-state index in [2.05, 4.69) is 27.9 Å². The highest BCUT2D eigenvalue weighted by Crippen LogP contribution is 2.26. The molecular weight excluding hydrogens is 373 g/mol. The van der Waals surface area contributed by atoms with Crippen LogP contribution in [0, 0.1) is 9.49 Å². The Kier molecular flexibility index (Phi) is 4.85. The van der Waals surface area contributed by atoms with Crippen LogP contribution in [0.1, 0.15) is 36.0 Å². The van der Waals surface area contributed by atoms with Gasteiger partial charge in [-0.2, -0.15) is 0 Å². The first-order valence-electron chi connectivity index (χ1n) is 6.49. The molecule has 0 heterocycles. The van der Waals surface area contributed by atoms with Crippen LogP contribution in [0.15, 0.2) is 18.2 Å². The van der Waals surface area contributed by atoms with E-state index in [9.17, 15) is 14.7 Å². The number of hydrogen-bond acceptors (Lipinski definition) is 3. The molecular formula is C14H16INO4. The summed E-state index contributed by atoms with van der Waals surface area (Å²) in [5.41, 5.74) is 0.231. The van der Waals surface area contributed by atoms with Crippen molar-refractivity contribution in [2.75, 3.05) is 0 Å². The van der Waals surface area contributed by atoms with Crippen molar-refractivity contribution < 1.29 is 19.8 Å². The maximum absolute atomic E-state index is 12.1. The zero-order chi connectivity index (χ0) is 14.7. The van der Waals surface area contributed by atoms with Gasteiger partial charge in [-0.3, -0.25) is 9.59 Å². The molecule has 2 rings (SSSR count). The first-order valence-corrected chi connectivity index (χ1v) is 7.57. The molecule has 2 unspecified atom stereocenters. The van der Waals surface area contributed by atoms with Crippen LogP contribution in [0.25, 0.3) is 0 Å². The van der Waals surface area contributed by atoms with Gasteiger partial charge in [0.1, 0.15) is 5.75 Å². The second-order valence-corrected chi connectivity index (χ2v) is 6.28. The number of carboxylic acid groups (broad SMARTS) is 1. The Balaban J connectivity index is 2.04. The monoisotopic (exact) mass is 389 g/mol. The predicted molar refractivity (Wildman–Crippen MR) is 81.7 cm³/mol. The highest BCUT2D eigenvalue weighted by molar-refractivity contribution is 14.1. The third kappa shape index (κ3) is 3.62. The summed E-state index contributed by atoms with van der Waals surface area (Å²) < 4.78 is 0.859. The van der Waals surface area contributed by atoms with Gasteiger partial charge in [0.15, 0.2) is 0 Å². The van der Waals surface area contributed by atoms with E-state index in [1.807, 2.05) is 0 Å². The van der Waals surface area contributed by atoms with Crippen LogP contribution in [0.3, 0.4) is 0 Å². The topological polar surface area (TPSA) is 86.6 Å². The highest BCUT2D eigenvalue weighted by Gasteiger charge is 2.28. The van der Waals surface area contributed by atoms with Gasteiger partial charge in [-0.05, 0) is 60.1 Å². The van der Waals surface area contributed by atoms with Gasteiger partial charge >= 0.3 is 5.97 Å². The molecule has 0 bridgehead atoms. The maximum atomic E-state index is 12.1. The molecule has 1 aliphatic carbocycles. The number of carbonyl (C=O) groups is 2. The minimum absolute atomic E-state index is 0.0616. The summed E-state index contributed by atoms with van der Waals surface area (Å²) >= 11 is 2.07. The molecule has 1 amide bonds. The van der Waals surface area contributed by atoms with Gasteiger partial charge in [0.25, 0.3) is 5.91 Å². The van der Waals surface area contributed by atoms with Gasteiger partial charge in [-0.1, -0.05) is 6.42 Å². The smallest absolute Gasteiger partial charge is 0.306 e. The van der Waals surface area contributed by atoms with Crippen LogP contribution in [0.2, 0.25) is 0 Å². The minimum atomic E-state index is -0.805. The Hall–Kier alpha value is -1.31. The van der Waals surface area contributed by atoms with Gasteiger partial charge in [-0.25, -0.2) is 0 Å². The molecule has 0 aliphatic heterocycles. The maximum Gasteiger partial charge on any atom is 0.306 e. The Labute approximate surface area is 130 Å². The summed E-state index contributed by atoms with van der Waals surface area (Å²) in [5.74, 6) is -1.61. The molecule has 20 heavy (non-hydrogen) atoms. The second-order valence-electron chi connectivity index (χ2n) is 5.03. The lowest BCUT2D eigenvalue weighted by molar-refractivity contribution is -0.143. The standard InChI is InChI=1S/C14H16INO4/c15-9-4-5-12(17)11(7-9)13(18)16-10-3-1-2-8(6-10)14(19)20/h4-5,7-8,10,17H,1-3,6H2,(H,16,18)(H,19,20). The lowest BCUT2D eigenvalue weighted by atomic mass is 9.85. The number of hydrogen-bond donors (Lipinski definition) is 3. The number of benzene rings is 1. The Bertz CT molecular complexity index is 532. The highest BCUT2D eigenvalue weighted by atomic mass is 127. The fourth-order valence-corrected chi connectivity index (χ4v) is 2.99. The predicted octanol–water partition coefficient (Wildman–Crippen LogP) is 2.37. The van der Waals surface area contributed by atoms with Crippen LogP contribution in [-0.4, -0.2) is 28.1 Å². The molecule has 1 fully saturated rings. The molecule has 1 aromatic carbocycles. The lowest BCUT2D eigenvalue weighted by Crippen LogP contribution is -2.40. The molecule has 0 saturated heterocycles. The zero-order valence-electron chi connectivity index (χ0n) is 10.8. The van der Waals surface area contributed by atoms with Gasteiger partial charge in [-0.15, -0.1) is 0 Å². The number of aromatic hydroxyl groups is 1. The molecule has 5 nitrogen and oxygen atoms in total. The van der Waals surface area contributed by atoms with Crippen molar-refractivity contribution in [2.45, 2.75) is 31.7 Å². The van der Waals surface area contributed by atoms with E-state index in [1.54, 1.807) is 12.1 Å². The van der Waals surface area contributed by atoms with Crippen molar-refractivity contribution in [3.05, 3.63) is 27.3 Å². The molecule has 3 N–H and O–H groups in total. The number of halogens is 1. The Morgan fingerprint density at radius 2 is 2.05 bits per heavy atom. The molecule has 2 atom stereocenters. The van der Waals surface area contributed by atoms with E-state index in [0.717, 1.165) is 16.4 Å². The van der Waals surface area contributed by atoms with E-state index >= 15 is 0 Å². The van der Waals surface area contributed by atoms with Crippen LogP contribution < -0.4 is 5.32 Å². The number of phenols is 1. The summed E-state index contributed by atoms with van der Waals surface area (Å²) in [5, 5.41) is 21.6. The first kappa shape index (κ1) is 15.1. The molecule has 0 aromatic heterocycles. The average molecular weight is 389 g/mol. The summed E-state index contributed by atoms with van der Waals surface area (Å²) in [6.45, 7) is 0. The number of rotatable bonds is 3. The van der Waals surface area contributed by atoms with Crippen molar-refractivity contribution in [2.24, 2.45) is 5.92 Å². The molecule has 108 valence electrons. The van der Waals surface area contributed by atoms with Gasteiger partial charge in [0.05, 0.1) is 11.5 Å². The first-order chi connectivity index (χ1) is 9.47. The molecule has 1 aromatic rings.